The van der Waals surface area contributed by atoms with E-state index in [4.69, 9.17) is 22.1 Å². The zero-order valence-electron chi connectivity index (χ0n) is 11.2. The van der Waals surface area contributed by atoms with Gasteiger partial charge in [-0.15, -0.1) is 0 Å². The van der Waals surface area contributed by atoms with E-state index in [0.29, 0.717) is 27.7 Å². The summed E-state index contributed by atoms with van der Waals surface area (Å²) < 4.78 is 5.18. The van der Waals surface area contributed by atoms with E-state index in [2.05, 4.69) is 5.32 Å². The quantitative estimate of drug-likeness (QED) is 0.851. The summed E-state index contributed by atoms with van der Waals surface area (Å²) in [6, 6.07) is 10.3. The van der Waals surface area contributed by atoms with E-state index in [1.54, 1.807) is 36.4 Å². The molecule has 104 valence electrons. The maximum atomic E-state index is 12.3. The van der Waals surface area contributed by atoms with Crippen molar-refractivity contribution in [3.8, 4) is 5.75 Å². The average molecular weight is 291 g/mol. The van der Waals surface area contributed by atoms with Gasteiger partial charge in [0, 0.05) is 10.7 Å². The molecule has 0 saturated carbocycles. The molecule has 0 aromatic heterocycles. The number of anilines is 2. The molecule has 0 radical (unpaired) electrons. The molecule has 0 heterocycles. The smallest absolute Gasteiger partial charge is 0.259 e. The zero-order chi connectivity index (χ0) is 14.7. The number of nitrogens with two attached hydrogens (primary N) is 1. The zero-order valence-corrected chi connectivity index (χ0v) is 12.0. The number of ether oxygens (including phenoxy) is 1. The molecule has 0 saturated heterocycles. The first-order valence-corrected chi connectivity index (χ1v) is 6.40. The summed E-state index contributed by atoms with van der Waals surface area (Å²) in [5.74, 6) is 0.0937. The number of hydrogen-bond acceptors (Lipinski definition) is 3. The van der Waals surface area contributed by atoms with Crippen molar-refractivity contribution in [3.63, 3.8) is 0 Å². The Morgan fingerprint density at radius 2 is 2.05 bits per heavy atom. The first-order valence-electron chi connectivity index (χ1n) is 6.03. The van der Waals surface area contributed by atoms with Gasteiger partial charge in [-0.05, 0) is 42.8 Å². The fourth-order valence-electron chi connectivity index (χ4n) is 1.92. The van der Waals surface area contributed by atoms with Gasteiger partial charge in [0.15, 0.2) is 5.75 Å². The molecule has 3 N–H and O–H groups in total. The summed E-state index contributed by atoms with van der Waals surface area (Å²) in [6.45, 7) is 1.87. The Bertz CT molecular complexity index is 656. The molecule has 2 aromatic rings. The largest absolute Gasteiger partial charge is 0.494 e. The number of methoxy groups -OCH3 is 1. The molecule has 2 aromatic carbocycles. The van der Waals surface area contributed by atoms with Crippen molar-refractivity contribution in [1.29, 1.82) is 0 Å². The van der Waals surface area contributed by atoms with E-state index < -0.39 is 0 Å². The average Bonchev–Trinajstić information content (AvgIpc) is 2.41. The minimum Gasteiger partial charge on any atom is -0.494 e. The van der Waals surface area contributed by atoms with Gasteiger partial charge in [-0.2, -0.15) is 0 Å². The SMILES string of the molecule is COc1c(N)cccc1C(=O)Nc1ccc(Cl)cc1C. The van der Waals surface area contributed by atoms with Crippen LogP contribution in [0.25, 0.3) is 0 Å². The monoisotopic (exact) mass is 290 g/mol. The minimum absolute atomic E-state index is 0.278. The van der Waals surface area contributed by atoms with Gasteiger partial charge in [-0.1, -0.05) is 17.7 Å². The van der Waals surface area contributed by atoms with Crippen molar-refractivity contribution in [2.24, 2.45) is 0 Å². The van der Waals surface area contributed by atoms with Gasteiger partial charge in [-0.25, -0.2) is 0 Å². The topological polar surface area (TPSA) is 64.3 Å². The van der Waals surface area contributed by atoms with E-state index in [9.17, 15) is 4.79 Å². The van der Waals surface area contributed by atoms with E-state index in [-0.39, 0.29) is 5.91 Å². The molecule has 4 nitrogen and oxygen atoms in total. The molecule has 0 fully saturated rings. The van der Waals surface area contributed by atoms with Gasteiger partial charge in [0.05, 0.1) is 18.4 Å². The molecule has 0 atom stereocenters. The highest BCUT2D eigenvalue weighted by Crippen LogP contribution is 2.27. The molecule has 0 aliphatic carbocycles. The summed E-state index contributed by atoms with van der Waals surface area (Å²) >= 11 is 5.89. The maximum Gasteiger partial charge on any atom is 0.259 e. The number of para-hydroxylation sites is 1. The van der Waals surface area contributed by atoms with E-state index in [1.807, 2.05) is 6.92 Å². The van der Waals surface area contributed by atoms with Gasteiger partial charge < -0.3 is 15.8 Å². The Kier molecular flexibility index (Phi) is 4.15. The summed E-state index contributed by atoms with van der Waals surface area (Å²) in [4.78, 5) is 12.3. The second-order valence-corrected chi connectivity index (χ2v) is 4.78. The van der Waals surface area contributed by atoms with E-state index >= 15 is 0 Å². The molecule has 0 aliphatic rings. The van der Waals surface area contributed by atoms with Crippen LogP contribution in [0, 0.1) is 6.92 Å². The van der Waals surface area contributed by atoms with Crippen molar-refractivity contribution in [3.05, 3.63) is 52.5 Å². The van der Waals surface area contributed by atoms with E-state index in [1.165, 1.54) is 7.11 Å². The Balaban J connectivity index is 2.31. The molecule has 1 amide bonds. The van der Waals surface area contributed by atoms with Gasteiger partial charge in [-0.3, -0.25) is 4.79 Å². The van der Waals surface area contributed by atoms with Crippen LogP contribution in [0.3, 0.4) is 0 Å². The third-order valence-corrected chi connectivity index (χ3v) is 3.17. The van der Waals surface area contributed by atoms with Gasteiger partial charge in [0.1, 0.15) is 0 Å². The lowest BCUT2D eigenvalue weighted by Crippen LogP contribution is -2.14. The van der Waals surface area contributed by atoms with E-state index in [0.717, 1.165) is 5.56 Å². The predicted octanol–water partition coefficient (Wildman–Crippen LogP) is 3.49. The van der Waals surface area contributed by atoms with Crippen molar-refractivity contribution in [2.75, 3.05) is 18.2 Å². The molecule has 0 spiro atoms. The minimum atomic E-state index is -0.278. The summed E-state index contributed by atoms with van der Waals surface area (Å²) in [7, 11) is 1.48. The second kappa shape index (κ2) is 5.84. The normalized spacial score (nSPS) is 10.2. The summed E-state index contributed by atoms with van der Waals surface area (Å²) in [5.41, 5.74) is 8.19. The molecular weight excluding hydrogens is 276 g/mol. The Morgan fingerprint density at radius 3 is 2.70 bits per heavy atom. The maximum absolute atomic E-state index is 12.3. The van der Waals surface area contributed by atoms with Crippen molar-refractivity contribution >= 4 is 28.9 Å². The lowest BCUT2D eigenvalue weighted by Gasteiger charge is -2.12. The molecular formula is C15H15ClN2O2. The number of halogens is 1. The second-order valence-electron chi connectivity index (χ2n) is 4.34. The van der Waals surface area contributed by atoms with Crippen LogP contribution in [0.5, 0.6) is 5.75 Å². The molecule has 20 heavy (non-hydrogen) atoms. The van der Waals surface area contributed by atoms with Crippen LogP contribution in [-0.4, -0.2) is 13.0 Å². The molecule has 0 bridgehead atoms. The highest BCUT2D eigenvalue weighted by atomic mass is 35.5. The number of hydrogen-bond donors (Lipinski definition) is 2. The first-order chi connectivity index (χ1) is 9.52. The fourth-order valence-corrected chi connectivity index (χ4v) is 2.15. The van der Waals surface area contributed by atoms with Crippen molar-refractivity contribution in [1.82, 2.24) is 0 Å². The summed E-state index contributed by atoms with van der Waals surface area (Å²) in [6.07, 6.45) is 0. The lowest BCUT2D eigenvalue weighted by atomic mass is 10.1. The number of nitrogens with one attached hydrogen (secondary N) is 1. The Morgan fingerprint density at radius 1 is 1.30 bits per heavy atom. The molecule has 2 rings (SSSR count). The summed E-state index contributed by atoms with van der Waals surface area (Å²) in [5, 5.41) is 3.45. The lowest BCUT2D eigenvalue weighted by molar-refractivity contribution is 0.102. The predicted molar refractivity (Wildman–Crippen MR) is 81.5 cm³/mol. The van der Waals surface area contributed by atoms with Crippen LogP contribution >= 0.6 is 11.6 Å². The number of benzene rings is 2. The fraction of sp³-hybridized carbons (Fsp3) is 0.133. The highest BCUT2D eigenvalue weighted by Gasteiger charge is 2.15. The van der Waals surface area contributed by atoms with Crippen LogP contribution < -0.4 is 15.8 Å². The van der Waals surface area contributed by atoms with Gasteiger partial charge >= 0.3 is 0 Å². The third-order valence-electron chi connectivity index (χ3n) is 2.93. The number of aryl methyl sites for hydroxylation is 1. The Hall–Kier alpha value is -2.20. The van der Waals surface area contributed by atoms with Gasteiger partial charge in [0.25, 0.3) is 5.91 Å². The van der Waals surface area contributed by atoms with Gasteiger partial charge in [0.2, 0.25) is 0 Å². The molecule has 0 aliphatic heterocycles. The van der Waals surface area contributed by atoms with Crippen molar-refractivity contribution in [2.45, 2.75) is 6.92 Å². The Labute approximate surface area is 122 Å². The molecule has 0 unspecified atom stereocenters. The number of carbonyl (C=O) groups excluding carboxylic acids is 1. The van der Waals surface area contributed by atoms with Crippen LogP contribution in [0.1, 0.15) is 15.9 Å². The van der Waals surface area contributed by atoms with Crippen LogP contribution in [0.2, 0.25) is 5.02 Å². The number of rotatable bonds is 3. The number of amides is 1. The first kappa shape index (κ1) is 14.2. The van der Waals surface area contributed by atoms with Crippen LogP contribution in [0.4, 0.5) is 11.4 Å². The number of nitrogen functional groups attached to an aromatic ring is 1. The van der Waals surface area contributed by atoms with Crippen LogP contribution in [-0.2, 0) is 0 Å². The molecule has 5 heteroatoms. The number of carbonyl (C=O) groups is 1. The standard InChI is InChI=1S/C15H15ClN2O2/c1-9-8-10(16)6-7-13(9)18-15(19)11-4-3-5-12(17)14(11)20-2/h3-8H,17H2,1-2H3,(H,18,19). The highest BCUT2D eigenvalue weighted by molar-refractivity contribution is 6.30. The van der Waals surface area contributed by atoms with Crippen molar-refractivity contribution < 1.29 is 9.53 Å². The third kappa shape index (κ3) is 2.86. The van der Waals surface area contributed by atoms with Crippen LogP contribution in [0.15, 0.2) is 36.4 Å².